The SMILES string of the molecule is CC1=C(Nc2ccc3c(c2)C2(C4=C(C=CC(C)C4)c4ccccc42)c2ccccc2-3)C(C)CC=C1. The lowest BCUT2D eigenvalue weighted by Crippen LogP contribution is -2.28. The van der Waals surface area contributed by atoms with E-state index in [1.165, 1.54) is 55.9 Å². The Labute approximate surface area is 208 Å². The summed E-state index contributed by atoms with van der Waals surface area (Å²) in [7, 11) is 0. The highest BCUT2D eigenvalue weighted by molar-refractivity contribution is 5.97. The van der Waals surface area contributed by atoms with Gasteiger partial charge < -0.3 is 5.32 Å². The molecule has 35 heavy (non-hydrogen) atoms. The highest BCUT2D eigenvalue weighted by Crippen LogP contribution is 2.64. The van der Waals surface area contributed by atoms with Crippen molar-refractivity contribution in [1.29, 1.82) is 0 Å². The number of rotatable bonds is 2. The van der Waals surface area contributed by atoms with Crippen LogP contribution in [0.5, 0.6) is 0 Å². The summed E-state index contributed by atoms with van der Waals surface area (Å²) in [6.45, 7) is 6.89. The van der Waals surface area contributed by atoms with Gasteiger partial charge in [-0.2, -0.15) is 0 Å². The molecule has 0 aromatic heterocycles. The highest BCUT2D eigenvalue weighted by atomic mass is 14.9. The van der Waals surface area contributed by atoms with E-state index in [1.54, 1.807) is 5.57 Å². The van der Waals surface area contributed by atoms with Crippen LogP contribution in [0.4, 0.5) is 5.69 Å². The molecule has 1 nitrogen and oxygen atoms in total. The minimum Gasteiger partial charge on any atom is -0.358 e. The number of fused-ring (bicyclic) bond motifs is 9. The maximum absolute atomic E-state index is 3.85. The molecule has 3 atom stereocenters. The zero-order valence-corrected chi connectivity index (χ0v) is 20.7. The molecule has 1 heteroatoms. The standard InChI is InChI=1S/C34H31N/c1-21-15-17-27-25-11-4-6-13-29(25)34(31(27)19-21)30-14-7-5-12-26(30)28-18-16-24(20-32(28)34)35-33-22(2)9-8-10-23(33)3/h4-9,11-18,20-21,23,35H,10,19H2,1-3H3. The van der Waals surface area contributed by atoms with E-state index in [1.807, 2.05) is 0 Å². The summed E-state index contributed by atoms with van der Waals surface area (Å²) in [5.41, 5.74) is 15.1. The molecular weight excluding hydrogens is 422 g/mol. The van der Waals surface area contributed by atoms with Crippen molar-refractivity contribution in [3.8, 4) is 11.1 Å². The lowest BCUT2D eigenvalue weighted by atomic mass is 9.67. The van der Waals surface area contributed by atoms with E-state index in [9.17, 15) is 0 Å². The summed E-state index contributed by atoms with van der Waals surface area (Å²) in [6.07, 6.45) is 11.5. The van der Waals surface area contributed by atoms with Gasteiger partial charge in [-0.15, -0.1) is 0 Å². The van der Waals surface area contributed by atoms with Crippen LogP contribution in [0.1, 0.15) is 55.9 Å². The zero-order valence-electron chi connectivity index (χ0n) is 20.7. The summed E-state index contributed by atoms with van der Waals surface area (Å²) >= 11 is 0. The fraction of sp³-hybridized carbons (Fsp3) is 0.235. The fourth-order valence-corrected chi connectivity index (χ4v) is 7.07. The molecule has 3 aromatic rings. The molecule has 1 N–H and O–H groups in total. The first-order valence-electron chi connectivity index (χ1n) is 13.0. The van der Waals surface area contributed by atoms with Crippen LogP contribution in [0, 0.1) is 11.8 Å². The van der Waals surface area contributed by atoms with Gasteiger partial charge in [0, 0.05) is 11.4 Å². The molecule has 4 aliphatic rings. The van der Waals surface area contributed by atoms with Crippen molar-refractivity contribution in [3.63, 3.8) is 0 Å². The molecule has 3 aromatic carbocycles. The molecule has 172 valence electrons. The van der Waals surface area contributed by atoms with Gasteiger partial charge in [-0.1, -0.05) is 92.7 Å². The average molecular weight is 454 g/mol. The van der Waals surface area contributed by atoms with Crippen molar-refractivity contribution >= 4 is 11.3 Å². The van der Waals surface area contributed by atoms with Crippen LogP contribution in [0.3, 0.4) is 0 Å². The molecule has 0 fully saturated rings. The van der Waals surface area contributed by atoms with E-state index in [0.717, 1.165) is 12.8 Å². The average Bonchev–Trinajstić information content (AvgIpc) is 3.33. The number of hydrogen-bond donors (Lipinski definition) is 1. The van der Waals surface area contributed by atoms with Gasteiger partial charge in [0.15, 0.2) is 0 Å². The van der Waals surface area contributed by atoms with Gasteiger partial charge in [-0.25, -0.2) is 0 Å². The van der Waals surface area contributed by atoms with Gasteiger partial charge in [0.25, 0.3) is 0 Å². The molecule has 1 spiro atoms. The first-order chi connectivity index (χ1) is 17.1. The molecule has 0 saturated carbocycles. The summed E-state index contributed by atoms with van der Waals surface area (Å²) in [5.74, 6) is 1.05. The van der Waals surface area contributed by atoms with Gasteiger partial charge in [0.05, 0.1) is 5.41 Å². The summed E-state index contributed by atoms with van der Waals surface area (Å²) < 4.78 is 0. The molecule has 7 rings (SSSR count). The quantitative estimate of drug-likeness (QED) is 0.409. The second kappa shape index (κ2) is 7.46. The summed E-state index contributed by atoms with van der Waals surface area (Å²) in [4.78, 5) is 0. The van der Waals surface area contributed by atoms with E-state index in [0.29, 0.717) is 11.8 Å². The lowest BCUT2D eigenvalue weighted by molar-refractivity contribution is 0.630. The Morgan fingerprint density at radius 2 is 1.51 bits per heavy atom. The Hall–Kier alpha value is -3.58. The van der Waals surface area contributed by atoms with Crippen LogP contribution in [0.2, 0.25) is 0 Å². The zero-order chi connectivity index (χ0) is 23.7. The van der Waals surface area contributed by atoms with Gasteiger partial charge >= 0.3 is 0 Å². The Morgan fingerprint density at radius 3 is 2.31 bits per heavy atom. The third kappa shape index (κ3) is 2.76. The molecular formula is C34H31N. The molecule has 0 aliphatic heterocycles. The second-order valence-electron chi connectivity index (χ2n) is 10.8. The number of allylic oxidation sites excluding steroid dienone is 8. The van der Waals surface area contributed by atoms with Crippen molar-refractivity contribution in [1.82, 2.24) is 0 Å². The third-order valence-corrected chi connectivity index (χ3v) is 8.62. The predicted molar refractivity (Wildman–Crippen MR) is 147 cm³/mol. The number of benzene rings is 3. The Bertz CT molecular complexity index is 1510. The van der Waals surface area contributed by atoms with Gasteiger partial charge in [-0.05, 0) is 93.8 Å². The molecule has 4 aliphatic carbocycles. The van der Waals surface area contributed by atoms with Crippen LogP contribution in [-0.2, 0) is 5.41 Å². The Balaban J connectivity index is 1.50. The normalized spacial score (nSPS) is 25.6. The molecule has 0 saturated heterocycles. The molecule has 0 amide bonds. The van der Waals surface area contributed by atoms with Crippen molar-refractivity contribution in [2.75, 3.05) is 5.32 Å². The first kappa shape index (κ1) is 20.8. The van der Waals surface area contributed by atoms with Crippen molar-refractivity contribution in [2.24, 2.45) is 11.8 Å². The number of anilines is 1. The van der Waals surface area contributed by atoms with E-state index in [4.69, 9.17) is 0 Å². The van der Waals surface area contributed by atoms with Crippen molar-refractivity contribution in [3.05, 3.63) is 130 Å². The maximum Gasteiger partial charge on any atom is 0.0689 e. The van der Waals surface area contributed by atoms with Crippen LogP contribution in [0.25, 0.3) is 16.7 Å². The maximum atomic E-state index is 3.85. The van der Waals surface area contributed by atoms with E-state index >= 15 is 0 Å². The molecule has 0 bridgehead atoms. The Morgan fingerprint density at radius 1 is 0.800 bits per heavy atom. The number of nitrogens with one attached hydrogen (secondary N) is 1. The van der Waals surface area contributed by atoms with Crippen molar-refractivity contribution < 1.29 is 0 Å². The van der Waals surface area contributed by atoms with Crippen LogP contribution in [-0.4, -0.2) is 0 Å². The predicted octanol–water partition coefficient (Wildman–Crippen LogP) is 8.65. The fourth-order valence-electron chi connectivity index (χ4n) is 7.07. The van der Waals surface area contributed by atoms with E-state index in [2.05, 4.69) is 117 Å². The minimum absolute atomic E-state index is 0.212. The van der Waals surface area contributed by atoms with E-state index < -0.39 is 0 Å². The first-order valence-corrected chi connectivity index (χ1v) is 13.0. The molecule has 0 radical (unpaired) electrons. The van der Waals surface area contributed by atoms with Crippen LogP contribution < -0.4 is 5.32 Å². The van der Waals surface area contributed by atoms with Crippen LogP contribution in [0.15, 0.2) is 108 Å². The van der Waals surface area contributed by atoms with Gasteiger partial charge in [0.2, 0.25) is 0 Å². The molecule has 3 unspecified atom stereocenters. The van der Waals surface area contributed by atoms with Gasteiger partial charge in [-0.3, -0.25) is 0 Å². The van der Waals surface area contributed by atoms with Crippen LogP contribution >= 0.6 is 0 Å². The minimum atomic E-state index is -0.212. The second-order valence-corrected chi connectivity index (χ2v) is 10.8. The molecule has 0 heterocycles. The Kier molecular flexibility index (Phi) is 4.42. The topological polar surface area (TPSA) is 12.0 Å². The summed E-state index contributed by atoms with van der Waals surface area (Å²) in [5, 5.41) is 3.85. The van der Waals surface area contributed by atoms with Crippen molar-refractivity contribution in [2.45, 2.75) is 39.0 Å². The highest BCUT2D eigenvalue weighted by Gasteiger charge is 2.52. The van der Waals surface area contributed by atoms with E-state index in [-0.39, 0.29) is 5.41 Å². The monoisotopic (exact) mass is 453 g/mol. The summed E-state index contributed by atoms with van der Waals surface area (Å²) in [6, 6.07) is 25.3. The smallest absolute Gasteiger partial charge is 0.0689 e. The lowest BCUT2D eigenvalue weighted by Gasteiger charge is -2.34. The third-order valence-electron chi connectivity index (χ3n) is 8.62. The largest absolute Gasteiger partial charge is 0.358 e. The number of hydrogen-bond acceptors (Lipinski definition) is 1. The van der Waals surface area contributed by atoms with Gasteiger partial charge in [0.1, 0.15) is 0 Å².